The van der Waals surface area contributed by atoms with E-state index in [1.165, 1.54) is 19.3 Å². The molecule has 0 aliphatic heterocycles. The summed E-state index contributed by atoms with van der Waals surface area (Å²) >= 11 is 5.19. The van der Waals surface area contributed by atoms with Crippen molar-refractivity contribution in [1.82, 2.24) is 0 Å². The lowest BCUT2D eigenvalue weighted by Gasteiger charge is -1.99. The Morgan fingerprint density at radius 1 is 0.846 bits per heavy atom. The molecule has 0 aromatic carbocycles. The molecule has 13 heavy (non-hydrogen) atoms. The van der Waals surface area contributed by atoms with Crippen molar-refractivity contribution in [1.29, 1.82) is 0 Å². The van der Waals surface area contributed by atoms with Gasteiger partial charge in [-0.15, -0.1) is 11.6 Å². The first-order chi connectivity index (χ1) is 6.33. The normalized spacial score (nSPS) is 9.23. The maximum absolute atomic E-state index is 5.28. The van der Waals surface area contributed by atoms with E-state index in [2.05, 4.69) is 13.8 Å². The summed E-state index contributed by atoms with van der Waals surface area (Å²) in [4.78, 5) is 0. The van der Waals surface area contributed by atoms with Gasteiger partial charge >= 0.3 is 0 Å². The standard InChI is InChI=1S/C8H18O.C3H7Cl/c1-3-5-6-8-9-7-4-2;1-2-3-4/h3-8H2,1-2H3;2-3H2,1H3. The molecule has 0 atom stereocenters. The molecule has 0 bridgehead atoms. The van der Waals surface area contributed by atoms with Crippen LogP contribution in [0.5, 0.6) is 0 Å². The van der Waals surface area contributed by atoms with Crippen LogP contribution in [-0.2, 0) is 4.74 Å². The Hall–Kier alpha value is 0.250. The Labute approximate surface area is 88.8 Å². The van der Waals surface area contributed by atoms with Gasteiger partial charge in [0.2, 0.25) is 0 Å². The molecular weight excluding hydrogens is 184 g/mol. The summed E-state index contributed by atoms with van der Waals surface area (Å²) in [6.45, 7) is 8.29. The summed E-state index contributed by atoms with van der Waals surface area (Å²) < 4.78 is 5.28. The lowest BCUT2D eigenvalue weighted by Crippen LogP contribution is -1.94. The largest absolute Gasteiger partial charge is 0.381 e. The van der Waals surface area contributed by atoms with Gasteiger partial charge in [-0.1, -0.05) is 33.6 Å². The first-order valence-electron chi connectivity index (χ1n) is 5.47. The van der Waals surface area contributed by atoms with Crippen LogP contribution in [-0.4, -0.2) is 19.1 Å². The second-order valence-electron chi connectivity index (χ2n) is 3.01. The Morgan fingerprint density at radius 2 is 1.46 bits per heavy atom. The van der Waals surface area contributed by atoms with Gasteiger partial charge in [-0.3, -0.25) is 0 Å². The molecule has 0 rings (SSSR count). The summed E-state index contributed by atoms with van der Waals surface area (Å²) in [5.41, 5.74) is 0. The fraction of sp³-hybridized carbons (Fsp3) is 1.00. The van der Waals surface area contributed by atoms with Crippen molar-refractivity contribution in [2.45, 2.75) is 52.9 Å². The molecule has 0 fully saturated rings. The van der Waals surface area contributed by atoms with E-state index in [0.29, 0.717) is 0 Å². The van der Waals surface area contributed by atoms with E-state index in [4.69, 9.17) is 16.3 Å². The second-order valence-corrected chi connectivity index (χ2v) is 3.39. The zero-order valence-electron chi connectivity index (χ0n) is 9.44. The first-order valence-corrected chi connectivity index (χ1v) is 6.00. The zero-order chi connectivity index (χ0) is 10.4. The SMILES string of the molecule is CCCCCOCCC.CCCCl. The number of hydrogen-bond acceptors (Lipinski definition) is 1. The van der Waals surface area contributed by atoms with Gasteiger partial charge in [0, 0.05) is 19.1 Å². The van der Waals surface area contributed by atoms with E-state index in [1.807, 2.05) is 6.92 Å². The number of ether oxygens (including phenoxy) is 1. The van der Waals surface area contributed by atoms with Crippen LogP contribution in [0.3, 0.4) is 0 Å². The summed E-state index contributed by atoms with van der Waals surface area (Å²) in [6.07, 6.45) is 6.06. The number of rotatable bonds is 7. The van der Waals surface area contributed by atoms with Gasteiger partial charge in [-0.2, -0.15) is 0 Å². The van der Waals surface area contributed by atoms with Crippen LogP contribution in [0.1, 0.15) is 52.9 Å². The van der Waals surface area contributed by atoms with Gasteiger partial charge < -0.3 is 4.74 Å². The smallest absolute Gasteiger partial charge is 0.0466 e. The molecule has 0 aromatic heterocycles. The van der Waals surface area contributed by atoms with Crippen LogP contribution in [0.2, 0.25) is 0 Å². The molecule has 0 spiro atoms. The van der Waals surface area contributed by atoms with E-state index in [9.17, 15) is 0 Å². The molecule has 0 radical (unpaired) electrons. The average Bonchev–Trinajstić information content (AvgIpc) is 2.18. The van der Waals surface area contributed by atoms with Crippen molar-refractivity contribution < 1.29 is 4.74 Å². The monoisotopic (exact) mass is 208 g/mol. The number of hydrogen-bond donors (Lipinski definition) is 0. The minimum absolute atomic E-state index is 0.792. The van der Waals surface area contributed by atoms with Crippen molar-refractivity contribution in [3.63, 3.8) is 0 Å². The predicted molar refractivity (Wildman–Crippen MR) is 61.6 cm³/mol. The van der Waals surface area contributed by atoms with Crippen LogP contribution >= 0.6 is 11.6 Å². The summed E-state index contributed by atoms with van der Waals surface area (Å²) in [6, 6.07) is 0. The number of alkyl halides is 1. The Kier molecular flexibility index (Phi) is 21.9. The third-order valence-corrected chi connectivity index (χ3v) is 1.81. The third-order valence-electron chi connectivity index (χ3n) is 1.43. The average molecular weight is 209 g/mol. The Balaban J connectivity index is 0. The fourth-order valence-electron chi connectivity index (χ4n) is 0.701. The third kappa shape index (κ3) is 24.5. The molecule has 0 heterocycles. The van der Waals surface area contributed by atoms with Crippen LogP contribution in [0.25, 0.3) is 0 Å². The molecule has 0 saturated carbocycles. The maximum atomic E-state index is 5.28. The minimum atomic E-state index is 0.792. The van der Waals surface area contributed by atoms with Crippen LogP contribution in [0.15, 0.2) is 0 Å². The summed E-state index contributed by atoms with van der Waals surface area (Å²) in [7, 11) is 0. The van der Waals surface area contributed by atoms with Gasteiger partial charge in [-0.25, -0.2) is 0 Å². The van der Waals surface area contributed by atoms with E-state index in [1.54, 1.807) is 0 Å². The molecule has 82 valence electrons. The lowest BCUT2D eigenvalue weighted by molar-refractivity contribution is 0.131. The Bertz CT molecular complexity index is 59.1. The van der Waals surface area contributed by atoms with Crippen LogP contribution < -0.4 is 0 Å². The zero-order valence-corrected chi connectivity index (χ0v) is 10.2. The van der Waals surface area contributed by atoms with Crippen molar-refractivity contribution in [3.8, 4) is 0 Å². The lowest BCUT2D eigenvalue weighted by atomic mass is 10.3. The number of unbranched alkanes of at least 4 members (excludes halogenated alkanes) is 2. The van der Waals surface area contributed by atoms with Crippen molar-refractivity contribution in [2.75, 3.05) is 19.1 Å². The second kappa shape index (κ2) is 18.1. The van der Waals surface area contributed by atoms with E-state index in [0.717, 1.165) is 31.9 Å². The van der Waals surface area contributed by atoms with E-state index >= 15 is 0 Å². The molecule has 0 amide bonds. The highest BCUT2D eigenvalue weighted by atomic mass is 35.5. The Morgan fingerprint density at radius 3 is 1.85 bits per heavy atom. The quantitative estimate of drug-likeness (QED) is 0.449. The van der Waals surface area contributed by atoms with Gasteiger partial charge in [0.15, 0.2) is 0 Å². The molecule has 1 nitrogen and oxygen atoms in total. The molecule has 2 heteroatoms. The van der Waals surface area contributed by atoms with E-state index in [-0.39, 0.29) is 0 Å². The molecule has 0 unspecified atom stereocenters. The van der Waals surface area contributed by atoms with Gasteiger partial charge in [-0.05, 0) is 19.3 Å². The molecule has 0 saturated heterocycles. The molecule has 0 aliphatic rings. The molecule has 0 N–H and O–H groups in total. The highest BCUT2D eigenvalue weighted by Gasteiger charge is 1.84. The van der Waals surface area contributed by atoms with Crippen molar-refractivity contribution >= 4 is 11.6 Å². The van der Waals surface area contributed by atoms with Crippen LogP contribution in [0.4, 0.5) is 0 Å². The first kappa shape index (κ1) is 15.7. The molecule has 0 aliphatic carbocycles. The number of halogens is 1. The van der Waals surface area contributed by atoms with Gasteiger partial charge in [0.05, 0.1) is 0 Å². The summed E-state index contributed by atoms with van der Waals surface area (Å²) in [5, 5.41) is 0. The topological polar surface area (TPSA) is 9.23 Å². The van der Waals surface area contributed by atoms with Crippen molar-refractivity contribution in [3.05, 3.63) is 0 Å². The molecule has 0 aromatic rings. The fourth-order valence-corrected chi connectivity index (χ4v) is 0.701. The van der Waals surface area contributed by atoms with Crippen molar-refractivity contribution in [2.24, 2.45) is 0 Å². The maximum Gasteiger partial charge on any atom is 0.0466 e. The highest BCUT2D eigenvalue weighted by molar-refractivity contribution is 6.17. The highest BCUT2D eigenvalue weighted by Crippen LogP contribution is 1.93. The van der Waals surface area contributed by atoms with Gasteiger partial charge in [0.25, 0.3) is 0 Å². The predicted octanol–water partition coefficient (Wildman–Crippen LogP) is 4.24. The minimum Gasteiger partial charge on any atom is -0.381 e. The van der Waals surface area contributed by atoms with Gasteiger partial charge in [0.1, 0.15) is 0 Å². The van der Waals surface area contributed by atoms with E-state index < -0.39 is 0 Å². The summed E-state index contributed by atoms with van der Waals surface area (Å²) in [5.74, 6) is 0.792. The van der Waals surface area contributed by atoms with Crippen LogP contribution in [0, 0.1) is 0 Å². The molecular formula is C11H25ClO.